The molecule has 0 atom stereocenters. The van der Waals surface area contributed by atoms with Crippen molar-refractivity contribution in [3.63, 3.8) is 0 Å². The lowest BCUT2D eigenvalue weighted by Gasteiger charge is -2.18. The zero-order valence-corrected chi connectivity index (χ0v) is 5.67. The van der Waals surface area contributed by atoms with E-state index < -0.39 is 5.79 Å². The smallest absolute Gasteiger partial charge is 0.164 e. The van der Waals surface area contributed by atoms with Gasteiger partial charge in [0, 0.05) is 19.4 Å². The molecular formula is C6H14O3. The molecule has 0 fully saturated rings. The highest BCUT2D eigenvalue weighted by Crippen LogP contribution is 2.11. The van der Waals surface area contributed by atoms with E-state index in [-0.39, 0.29) is 13.0 Å². The van der Waals surface area contributed by atoms with E-state index in [2.05, 4.69) is 0 Å². The van der Waals surface area contributed by atoms with Crippen molar-refractivity contribution < 1.29 is 15.3 Å². The lowest BCUT2D eigenvalue weighted by Crippen LogP contribution is -2.28. The fourth-order valence-electron chi connectivity index (χ4n) is 0.704. The summed E-state index contributed by atoms with van der Waals surface area (Å²) in [5, 5.41) is 26.1. The number of aliphatic hydroxyl groups is 3. The molecule has 0 radical (unpaired) electrons. The monoisotopic (exact) mass is 134 g/mol. The maximum absolute atomic E-state index is 8.91. The summed E-state index contributed by atoms with van der Waals surface area (Å²) in [5.41, 5.74) is 0. The molecule has 0 aliphatic heterocycles. The Morgan fingerprint density at radius 2 is 1.78 bits per heavy atom. The Bertz CT molecular complexity index is 62.7. The molecule has 0 unspecified atom stereocenters. The van der Waals surface area contributed by atoms with Crippen LogP contribution in [-0.4, -0.2) is 27.7 Å². The van der Waals surface area contributed by atoms with Crippen molar-refractivity contribution in [3.05, 3.63) is 0 Å². The van der Waals surface area contributed by atoms with Gasteiger partial charge < -0.3 is 15.3 Å². The summed E-state index contributed by atoms with van der Waals surface area (Å²) in [7, 11) is 0. The molecule has 0 saturated heterocycles. The highest BCUT2D eigenvalue weighted by molar-refractivity contribution is 4.61. The van der Waals surface area contributed by atoms with Gasteiger partial charge in [-0.15, -0.1) is 0 Å². The van der Waals surface area contributed by atoms with Gasteiger partial charge in [0.1, 0.15) is 0 Å². The minimum absolute atomic E-state index is 0.0425. The van der Waals surface area contributed by atoms with Crippen LogP contribution in [0.2, 0.25) is 0 Å². The molecule has 0 aromatic rings. The van der Waals surface area contributed by atoms with Crippen LogP contribution in [0.1, 0.15) is 26.2 Å². The third kappa shape index (κ3) is 4.39. The number of hydrogen-bond acceptors (Lipinski definition) is 3. The molecule has 0 aliphatic rings. The predicted molar refractivity (Wildman–Crippen MR) is 33.8 cm³/mol. The van der Waals surface area contributed by atoms with Crippen molar-refractivity contribution in [1.82, 2.24) is 0 Å². The number of rotatable bonds is 4. The molecular weight excluding hydrogens is 120 g/mol. The van der Waals surface area contributed by atoms with Gasteiger partial charge in [0.25, 0.3) is 0 Å². The fraction of sp³-hybridized carbons (Fsp3) is 1.00. The van der Waals surface area contributed by atoms with Crippen molar-refractivity contribution in [2.75, 3.05) is 6.61 Å². The number of hydrogen-bond donors (Lipinski definition) is 3. The minimum atomic E-state index is -1.65. The molecule has 3 nitrogen and oxygen atoms in total. The summed E-state index contributed by atoms with van der Waals surface area (Å²) >= 11 is 0. The molecule has 9 heavy (non-hydrogen) atoms. The van der Waals surface area contributed by atoms with Crippen molar-refractivity contribution in [3.8, 4) is 0 Å². The molecule has 0 aliphatic carbocycles. The Morgan fingerprint density at radius 1 is 1.22 bits per heavy atom. The Kier molecular flexibility index (Phi) is 3.77. The molecule has 0 bridgehead atoms. The molecule has 3 heteroatoms. The van der Waals surface area contributed by atoms with Gasteiger partial charge in [-0.05, 0) is 0 Å². The second kappa shape index (κ2) is 3.82. The molecule has 0 amide bonds. The molecule has 0 aromatic carbocycles. The average Bonchev–Trinajstić information content (AvgIpc) is 1.64. The van der Waals surface area contributed by atoms with Gasteiger partial charge in [0.05, 0.1) is 0 Å². The van der Waals surface area contributed by atoms with Crippen LogP contribution in [0.15, 0.2) is 0 Å². The third-order valence-corrected chi connectivity index (χ3v) is 1.16. The van der Waals surface area contributed by atoms with E-state index in [1.165, 1.54) is 0 Å². The van der Waals surface area contributed by atoms with Gasteiger partial charge in [-0.2, -0.15) is 0 Å². The lowest BCUT2D eigenvalue weighted by atomic mass is 10.1. The first-order chi connectivity index (χ1) is 4.12. The highest BCUT2D eigenvalue weighted by atomic mass is 16.5. The Labute approximate surface area is 54.9 Å². The summed E-state index contributed by atoms with van der Waals surface area (Å²) < 4.78 is 0. The van der Waals surface area contributed by atoms with Gasteiger partial charge >= 0.3 is 0 Å². The SMILES string of the molecule is CCCC(O)(O)CCO. The van der Waals surface area contributed by atoms with Gasteiger partial charge in [-0.3, -0.25) is 0 Å². The van der Waals surface area contributed by atoms with Crippen LogP contribution < -0.4 is 0 Å². The van der Waals surface area contributed by atoms with Crippen molar-refractivity contribution in [1.29, 1.82) is 0 Å². The molecule has 0 rings (SSSR count). The third-order valence-electron chi connectivity index (χ3n) is 1.16. The second-order valence-electron chi connectivity index (χ2n) is 2.21. The number of aliphatic hydroxyl groups excluding tert-OH is 1. The maximum atomic E-state index is 8.91. The van der Waals surface area contributed by atoms with Gasteiger partial charge in [0.15, 0.2) is 5.79 Å². The van der Waals surface area contributed by atoms with E-state index in [1.54, 1.807) is 0 Å². The molecule has 0 spiro atoms. The molecule has 0 saturated carbocycles. The van der Waals surface area contributed by atoms with Crippen LogP contribution in [0.5, 0.6) is 0 Å². The Hall–Kier alpha value is -0.120. The van der Waals surface area contributed by atoms with Crippen LogP contribution >= 0.6 is 0 Å². The molecule has 56 valence electrons. The molecule has 0 aromatic heterocycles. The predicted octanol–water partition coefficient (Wildman–Crippen LogP) is -0.150. The summed E-state index contributed by atoms with van der Waals surface area (Å²) in [6.07, 6.45) is 1.08. The summed E-state index contributed by atoms with van der Waals surface area (Å²) in [6, 6.07) is 0. The van der Waals surface area contributed by atoms with Crippen LogP contribution in [0.4, 0.5) is 0 Å². The van der Waals surface area contributed by atoms with Crippen molar-refractivity contribution >= 4 is 0 Å². The summed E-state index contributed by atoms with van der Waals surface area (Å²) in [5.74, 6) is -1.65. The van der Waals surface area contributed by atoms with Gasteiger partial charge in [-0.25, -0.2) is 0 Å². The zero-order chi connectivity index (χ0) is 7.33. The average molecular weight is 134 g/mol. The largest absolute Gasteiger partial charge is 0.396 e. The highest BCUT2D eigenvalue weighted by Gasteiger charge is 2.19. The first-order valence-electron chi connectivity index (χ1n) is 3.18. The topological polar surface area (TPSA) is 60.7 Å². The van der Waals surface area contributed by atoms with Crippen LogP contribution in [0.3, 0.4) is 0 Å². The maximum Gasteiger partial charge on any atom is 0.164 e. The fourth-order valence-corrected chi connectivity index (χ4v) is 0.704. The quantitative estimate of drug-likeness (QED) is 0.468. The Balaban J connectivity index is 3.43. The lowest BCUT2D eigenvalue weighted by molar-refractivity contribution is -0.175. The van der Waals surface area contributed by atoms with Crippen molar-refractivity contribution in [2.24, 2.45) is 0 Å². The standard InChI is InChI=1S/C6H14O3/c1-2-3-6(8,9)4-5-7/h7-9H,2-5H2,1H3. The van der Waals surface area contributed by atoms with Crippen LogP contribution in [0.25, 0.3) is 0 Å². The van der Waals surface area contributed by atoms with E-state index >= 15 is 0 Å². The van der Waals surface area contributed by atoms with Gasteiger partial charge in [-0.1, -0.05) is 13.3 Å². The summed E-state index contributed by atoms with van der Waals surface area (Å²) in [4.78, 5) is 0. The second-order valence-corrected chi connectivity index (χ2v) is 2.21. The van der Waals surface area contributed by atoms with Crippen molar-refractivity contribution in [2.45, 2.75) is 32.0 Å². The van der Waals surface area contributed by atoms with E-state index in [0.717, 1.165) is 0 Å². The first-order valence-corrected chi connectivity index (χ1v) is 3.18. The van der Waals surface area contributed by atoms with E-state index in [0.29, 0.717) is 12.8 Å². The molecule has 0 heterocycles. The normalized spacial score (nSPS) is 12.0. The molecule has 3 N–H and O–H groups in total. The first kappa shape index (κ1) is 8.88. The van der Waals surface area contributed by atoms with E-state index in [4.69, 9.17) is 15.3 Å². The zero-order valence-electron chi connectivity index (χ0n) is 5.67. The van der Waals surface area contributed by atoms with E-state index in [9.17, 15) is 0 Å². The van der Waals surface area contributed by atoms with Crippen LogP contribution in [0, 0.1) is 0 Å². The van der Waals surface area contributed by atoms with Gasteiger partial charge in [0.2, 0.25) is 0 Å². The van der Waals surface area contributed by atoms with E-state index in [1.807, 2.05) is 6.92 Å². The summed E-state index contributed by atoms with van der Waals surface area (Å²) in [6.45, 7) is 1.69. The Morgan fingerprint density at radius 3 is 2.11 bits per heavy atom. The minimum Gasteiger partial charge on any atom is -0.396 e. The van der Waals surface area contributed by atoms with Crippen LogP contribution in [-0.2, 0) is 0 Å².